The summed E-state index contributed by atoms with van der Waals surface area (Å²) in [5.74, 6) is -0.693. The van der Waals surface area contributed by atoms with Gasteiger partial charge in [-0.15, -0.1) is 0 Å². The zero-order chi connectivity index (χ0) is 27.9. The number of carbonyl (C=O) groups is 1. The Morgan fingerprint density at radius 1 is 0.950 bits per heavy atom. The Bertz CT molecular complexity index is 1460. The summed E-state index contributed by atoms with van der Waals surface area (Å²) < 4.78 is 2.56. The third-order valence-electron chi connectivity index (χ3n) is 9.79. The second kappa shape index (κ2) is 10.5. The fourth-order valence-electron chi connectivity index (χ4n) is 7.77. The molecule has 0 spiro atoms. The van der Waals surface area contributed by atoms with Crippen LogP contribution in [-0.4, -0.2) is 34.5 Å². The van der Waals surface area contributed by atoms with Gasteiger partial charge in [-0.25, -0.2) is 0 Å². The summed E-state index contributed by atoms with van der Waals surface area (Å²) in [6.07, 6.45) is 20.1. The molecule has 40 heavy (non-hydrogen) atoms. The molecule has 1 N–H and O–H groups in total. The minimum atomic E-state index is -0.693. The van der Waals surface area contributed by atoms with Gasteiger partial charge in [0.1, 0.15) is 6.54 Å². The Morgan fingerprint density at radius 2 is 1.73 bits per heavy atom. The van der Waals surface area contributed by atoms with E-state index < -0.39 is 5.97 Å². The van der Waals surface area contributed by atoms with Crippen molar-refractivity contribution in [3.63, 3.8) is 0 Å². The van der Waals surface area contributed by atoms with Crippen molar-refractivity contribution in [1.82, 2.24) is 0 Å². The van der Waals surface area contributed by atoms with Crippen molar-refractivity contribution in [2.24, 2.45) is 0 Å². The molecule has 0 aromatic heterocycles. The molecule has 4 heteroatoms. The largest absolute Gasteiger partial charge is 0.481 e. The molecule has 4 aliphatic rings. The number of carboxylic acid groups (broad SMARTS) is 1. The Morgan fingerprint density at radius 3 is 2.55 bits per heavy atom. The van der Waals surface area contributed by atoms with Gasteiger partial charge in [0.15, 0.2) is 5.71 Å². The maximum Gasteiger partial charge on any atom is 0.303 e. The molecular formula is C36H43N2O2+. The number of aryl methyl sites for hydroxylation is 2. The zero-order valence-electron chi connectivity index (χ0n) is 24.4. The third kappa shape index (κ3) is 4.46. The van der Waals surface area contributed by atoms with Crippen LogP contribution in [0.1, 0.15) is 88.0 Å². The average molecular weight is 536 g/mol. The number of anilines is 1. The SMILES string of the molecule is CC1(C)C(C=CC=CC=C2N3CCCc4cccc(c43)C2(C)CCCCCC(=O)O)=[N+]2CCCc3cccc1c32. The maximum atomic E-state index is 11.0. The first kappa shape index (κ1) is 26.8. The molecule has 0 saturated carbocycles. The van der Waals surface area contributed by atoms with Crippen LogP contribution in [0.3, 0.4) is 0 Å². The molecule has 4 heterocycles. The summed E-state index contributed by atoms with van der Waals surface area (Å²) >= 11 is 0. The predicted octanol–water partition coefficient (Wildman–Crippen LogP) is 7.76. The van der Waals surface area contributed by atoms with E-state index in [1.54, 1.807) is 0 Å². The number of nitrogens with zero attached hydrogens (tertiary/aromatic N) is 2. The molecule has 2 aromatic carbocycles. The molecule has 4 nitrogen and oxygen atoms in total. The lowest BCUT2D eigenvalue weighted by Gasteiger charge is -2.32. The van der Waals surface area contributed by atoms with Crippen molar-refractivity contribution >= 4 is 23.1 Å². The molecule has 0 radical (unpaired) electrons. The van der Waals surface area contributed by atoms with Gasteiger partial charge < -0.3 is 10.0 Å². The standard InChI is InChI=1S/C36H42N2O2/c1-35(2)28-18-10-14-26-16-12-24-37(33(26)28)30(35)20-6-4-7-21-31-36(3,23-9-5-8-22-32(39)40)29-19-11-15-27-17-13-25-38(31)34(27)29/h4,6-7,10-11,14-15,18-21H,5,8-9,12-13,16-17,22-25H2,1-3H3/p+1. The first-order chi connectivity index (χ1) is 19.3. The normalized spacial score (nSPS) is 23.5. The van der Waals surface area contributed by atoms with Crippen molar-refractivity contribution in [2.75, 3.05) is 18.0 Å². The lowest BCUT2D eigenvalue weighted by Crippen LogP contribution is -2.31. The van der Waals surface area contributed by atoms with E-state index in [9.17, 15) is 4.79 Å². The van der Waals surface area contributed by atoms with E-state index in [-0.39, 0.29) is 17.3 Å². The number of aliphatic carboxylic acids is 1. The highest BCUT2D eigenvalue weighted by molar-refractivity contribution is 6.03. The quantitative estimate of drug-likeness (QED) is 0.203. The highest BCUT2D eigenvalue weighted by atomic mass is 16.4. The van der Waals surface area contributed by atoms with Crippen LogP contribution in [0, 0.1) is 0 Å². The summed E-state index contributed by atoms with van der Waals surface area (Å²) in [6.45, 7) is 9.28. The summed E-state index contributed by atoms with van der Waals surface area (Å²) in [7, 11) is 0. The second-order valence-corrected chi connectivity index (χ2v) is 12.7. The third-order valence-corrected chi connectivity index (χ3v) is 9.79. The van der Waals surface area contributed by atoms with E-state index in [4.69, 9.17) is 5.11 Å². The van der Waals surface area contributed by atoms with Crippen LogP contribution in [0.25, 0.3) is 0 Å². The molecule has 208 valence electrons. The molecule has 4 aliphatic heterocycles. The van der Waals surface area contributed by atoms with Gasteiger partial charge in [0.05, 0.1) is 5.41 Å². The monoisotopic (exact) mass is 535 g/mol. The van der Waals surface area contributed by atoms with E-state index in [1.807, 2.05) is 0 Å². The van der Waals surface area contributed by atoms with Crippen molar-refractivity contribution in [2.45, 2.75) is 89.4 Å². The number of para-hydroxylation sites is 2. The van der Waals surface area contributed by atoms with Gasteiger partial charge in [-0.3, -0.25) is 4.79 Å². The number of allylic oxidation sites excluding steroid dienone is 6. The van der Waals surface area contributed by atoms with E-state index >= 15 is 0 Å². The van der Waals surface area contributed by atoms with Gasteiger partial charge in [-0.1, -0.05) is 67.5 Å². The van der Waals surface area contributed by atoms with E-state index in [0.717, 1.165) is 45.2 Å². The van der Waals surface area contributed by atoms with Gasteiger partial charge in [0.2, 0.25) is 5.69 Å². The number of hydrogen-bond donors (Lipinski definition) is 1. The summed E-state index contributed by atoms with van der Waals surface area (Å²) in [5.41, 5.74) is 11.5. The Balaban J connectivity index is 1.26. The van der Waals surface area contributed by atoms with Crippen molar-refractivity contribution in [3.05, 3.63) is 94.7 Å². The lowest BCUT2D eigenvalue weighted by molar-refractivity contribution is -0.443. The van der Waals surface area contributed by atoms with Gasteiger partial charge in [-0.2, -0.15) is 4.58 Å². The first-order valence-corrected chi connectivity index (χ1v) is 15.3. The fourth-order valence-corrected chi connectivity index (χ4v) is 7.77. The summed E-state index contributed by atoms with van der Waals surface area (Å²) in [4.78, 5) is 13.6. The molecule has 0 aliphatic carbocycles. The number of benzene rings is 2. The van der Waals surface area contributed by atoms with Gasteiger partial charge in [-0.05, 0) is 70.1 Å². The first-order valence-electron chi connectivity index (χ1n) is 15.3. The van der Waals surface area contributed by atoms with E-state index in [0.29, 0.717) is 0 Å². The molecule has 2 aromatic rings. The molecular weight excluding hydrogens is 492 g/mol. The minimum Gasteiger partial charge on any atom is -0.481 e. The van der Waals surface area contributed by atoms with E-state index in [2.05, 4.69) is 97.0 Å². The molecule has 0 saturated heterocycles. The van der Waals surface area contributed by atoms with Crippen LogP contribution in [0.15, 0.2) is 72.5 Å². The molecule has 1 unspecified atom stereocenters. The van der Waals surface area contributed by atoms with Crippen LogP contribution < -0.4 is 4.90 Å². The number of carboxylic acids is 1. The highest BCUT2D eigenvalue weighted by Crippen LogP contribution is 2.53. The zero-order valence-corrected chi connectivity index (χ0v) is 24.4. The molecule has 0 amide bonds. The Hall–Kier alpha value is -3.40. The predicted molar refractivity (Wildman–Crippen MR) is 164 cm³/mol. The van der Waals surface area contributed by atoms with Crippen LogP contribution in [-0.2, 0) is 28.5 Å². The molecule has 0 bridgehead atoms. The number of rotatable bonds is 9. The van der Waals surface area contributed by atoms with Crippen molar-refractivity contribution < 1.29 is 14.5 Å². The molecule has 0 fully saturated rings. The van der Waals surface area contributed by atoms with Crippen LogP contribution in [0.4, 0.5) is 11.4 Å². The number of hydrogen-bond acceptors (Lipinski definition) is 2. The average Bonchev–Trinajstić information content (AvgIpc) is 3.31. The van der Waals surface area contributed by atoms with Gasteiger partial charge in [0, 0.05) is 53.4 Å². The fraction of sp³-hybridized carbons (Fsp3) is 0.444. The Labute approximate surface area is 239 Å². The maximum absolute atomic E-state index is 11.0. The highest BCUT2D eigenvalue weighted by Gasteiger charge is 2.47. The second-order valence-electron chi connectivity index (χ2n) is 12.7. The summed E-state index contributed by atoms with van der Waals surface area (Å²) in [5, 5.41) is 9.05. The Kier molecular flexibility index (Phi) is 7.06. The van der Waals surface area contributed by atoms with Crippen LogP contribution >= 0.6 is 0 Å². The molecule has 6 rings (SSSR count). The van der Waals surface area contributed by atoms with Crippen molar-refractivity contribution in [3.8, 4) is 0 Å². The molecule has 1 atom stereocenters. The van der Waals surface area contributed by atoms with Gasteiger partial charge >= 0.3 is 5.97 Å². The van der Waals surface area contributed by atoms with Crippen LogP contribution in [0.5, 0.6) is 0 Å². The van der Waals surface area contributed by atoms with Gasteiger partial charge in [0.25, 0.3) is 0 Å². The van der Waals surface area contributed by atoms with E-state index in [1.165, 1.54) is 64.3 Å². The number of unbranched alkanes of at least 4 members (excludes halogenated alkanes) is 2. The summed E-state index contributed by atoms with van der Waals surface area (Å²) in [6, 6.07) is 13.7. The van der Waals surface area contributed by atoms with Crippen molar-refractivity contribution in [1.29, 1.82) is 0 Å². The lowest BCUT2D eigenvalue weighted by atomic mass is 9.76. The minimum absolute atomic E-state index is 0.00893. The smallest absolute Gasteiger partial charge is 0.303 e. The van der Waals surface area contributed by atoms with Crippen LogP contribution in [0.2, 0.25) is 0 Å². The topological polar surface area (TPSA) is 43.6 Å².